The van der Waals surface area contributed by atoms with Crippen molar-refractivity contribution in [2.75, 3.05) is 11.9 Å². The van der Waals surface area contributed by atoms with Gasteiger partial charge in [-0.05, 0) is 37.1 Å². The molecule has 0 fully saturated rings. The van der Waals surface area contributed by atoms with Crippen molar-refractivity contribution >= 4 is 17.6 Å². The predicted molar refractivity (Wildman–Crippen MR) is 61.7 cm³/mol. The number of ether oxygens (including phenoxy) is 1. The third-order valence-corrected chi connectivity index (χ3v) is 1.71. The summed E-state index contributed by atoms with van der Waals surface area (Å²) in [5.74, 6) is 3.81. The van der Waals surface area contributed by atoms with Gasteiger partial charge in [-0.25, -0.2) is 4.79 Å². The zero-order valence-electron chi connectivity index (χ0n) is 9.19. The lowest BCUT2D eigenvalue weighted by atomic mass is 10.3. The molecule has 0 aliphatic carbocycles. The average Bonchev–Trinajstić information content (AvgIpc) is 2.28. The molecule has 0 saturated heterocycles. The highest BCUT2D eigenvalue weighted by atomic mass is 16.5. The summed E-state index contributed by atoms with van der Waals surface area (Å²) < 4.78 is 4.93. The number of carboxylic acids is 1. The molecule has 0 aromatic heterocycles. The van der Waals surface area contributed by atoms with Gasteiger partial charge in [0.2, 0.25) is 0 Å². The van der Waals surface area contributed by atoms with Crippen molar-refractivity contribution in [2.45, 2.75) is 6.92 Å². The topological polar surface area (TPSA) is 75.6 Å². The van der Waals surface area contributed by atoms with Crippen LogP contribution in [0.4, 0.5) is 5.69 Å². The minimum absolute atomic E-state index is 0.396. The molecule has 2 N–H and O–H groups in total. The summed E-state index contributed by atoms with van der Waals surface area (Å²) in [6, 6.07) is 6.34. The lowest BCUT2D eigenvalue weighted by Crippen LogP contribution is -2.10. The van der Waals surface area contributed by atoms with Crippen molar-refractivity contribution in [2.24, 2.45) is 0 Å². The standard InChI is InChI=1S/C12H11NO4/c1-2-3-11(14)13-9-4-6-10(7-5-9)17-8-12(15)16/h4-7H,8H2,1H3,(H,13,14)(H,15,16). The van der Waals surface area contributed by atoms with E-state index in [2.05, 4.69) is 17.2 Å². The summed E-state index contributed by atoms with van der Waals surface area (Å²) in [4.78, 5) is 21.4. The van der Waals surface area contributed by atoms with Gasteiger partial charge in [-0.3, -0.25) is 4.79 Å². The van der Waals surface area contributed by atoms with Crippen LogP contribution in [0.3, 0.4) is 0 Å². The highest BCUT2D eigenvalue weighted by molar-refractivity contribution is 6.03. The van der Waals surface area contributed by atoms with Gasteiger partial charge in [0.15, 0.2) is 6.61 Å². The Hall–Kier alpha value is -2.48. The first-order chi connectivity index (χ1) is 8.11. The molecule has 5 nitrogen and oxygen atoms in total. The molecule has 0 atom stereocenters. The number of carbonyl (C=O) groups is 2. The van der Waals surface area contributed by atoms with Gasteiger partial charge < -0.3 is 15.2 Å². The van der Waals surface area contributed by atoms with Crippen molar-refractivity contribution < 1.29 is 19.4 Å². The highest BCUT2D eigenvalue weighted by Crippen LogP contribution is 2.15. The molecule has 0 spiro atoms. The molecule has 5 heteroatoms. The summed E-state index contributed by atoms with van der Waals surface area (Å²) >= 11 is 0. The molecule has 1 aromatic carbocycles. The molecule has 0 bridgehead atoms. The molecular weight excluding hydrogens is 222 g/mol. The van der Waals surface area contributed by atoms with Gasteiger partial charge in [-0.15, -0.1) is 0 Å². The minimum Gasteiger partial charge on any atom is -0.482 e. The number of hydrogen-bond donors (Lipinski definition) is 2. The molecule has 0 saturated carbocycles. The molecule has 0 heterocycles. The van der Waals surface area contributed by atoms with Crippen LogP contribution in [-0.4, -0.2) is 23.6 Å². The molecular formula is C12H11NO4. The quantitative estimate of drug-likeness (QED) is 0.764. The molecule has 0 radical (unpaired) electrons. The predicted octanol–water partition coefficient (Wildman–Crippen LogP) is 1.11. The Morgan fingerprint density at radius 3 is 2.53 bits per heavy atom. The SMILES string of the molecule is CC#CC(=O)Nc1ccc(OCC(=O)O)cc1. The molecule has 1 amide bonds. The van der Waals surface area contributed by atoms with E-state index in [4.69, 9.17) is 9.84 Å². The summed E-state index contributed by atoms with van der Waals surface area (Å²) in [6.45, 7) is 1.18. The summed E-state index contributed by atoms with van der Waals surface area (Å²) in [7, 11) is 0. The second kappa shape index (κ2) is 6.18. The van der Waals surface area contributed by atoms with Crippen LogP contribution in [0.5, 0.6) is 5.75 Å². The maximum atomic E-state index is 11.1. The number of hydrogen-bond acceptors (Lipinski definition) is 3. The lowest BCUT2D eigenvalue weighted by Gasteiger charge is -2.04. The van der Waals surface area contributed by atoms with Crippen LogP contribution >= 0.6 is 0 Å². The van der Waals surface area contributed by atoms with Crippen molar-refractivity contribution in [3.63, 3.8) is 0 Å². The molecule has 88 valence electrons. The van der Waals surface area contributed by atoms with Gasteiger partial charge in [-0.1, -0.05) is 5.92 Å². The largest absolute Gasteiger partial charge is 0.482 e. The van der Waals surface area contributed by atoms with Gasteiger partial charge in [0.25, 0.3) is 5.91 Å². The van der Waals surface area contributed by atoms with Crippen LogP contribution < -0.4 is 10.1 Å². The molecule has 1 aromatic rings. The second-order valence-corrected chi connectivity index (χ2v) is 3.04. The zero-order valence-corrected chi connectivity index (χ0v) is 9.19. The lowest BCUT2D eigenvalue weighted by molar-refractivity contribution is -0.139. The number of carboxylic acid groups (broad SMARTS) is 1. The first-order valence-corrected chi connectivity index (χ1v) is 4.80. The van der Waals surface area contributed by atoms with Crippen LogP contribution in [0, 0.1) is 11.8 Å². The van der Waals surface area contributed by atoms with Gasteiger partial charge in [0.05, 0.1) is 0 Å². The molecule has 0 unspecified atom stereocenters. The number of aliphatic carboxylic acids is 1. The Bertz CT molecular complexity index is 468. The summed E-state index contributed by atoms with van der Waals surface area (Å²) in [5, 5.41) is 11.0. The van der Waals surface area contributed by atoms with E-state index < -0.39 is 18.5 Å². The Morgan fingerprint density at radius 1 is 1.35 bits per heavy atom. The van der Waals surface area contributed by atoms with Gasteiger partial charge in [0, 0.05) is 5.69 Å². The van der Waals surface area contributed by atoms with Gasteiger partial charge >= 0.3 is 5.97 Å². The van der Waals surface area contributed by atoms with E-state index in [1.807, 2.05) is 0 Å². The second-order valence-electron chi connectivity index (χ2n) is 3.04. The van der Waals surface area contributed by atoms with E-state index in [1.54, 1.807) is 31.2 Å². The Morgan fingerprint density at radius 2 is 2.00 bits per heavy atom. The van der Waals surface area contributed by atoms with Crippen molar-refractivity contribution in [3.8, 4) is 17.6 Å². The Balaban J connectivity index is 2.57. The van der Waals surface area contributed by atoms with E-state index in [1.165, 1.54) is 0 Å². The summed E-state index contributed by atoms with van der Waals surface area (Å²) in [6.07, 6.45) is 0. The highest BCUT2D eigenvalue weighted by Gasteiger charge is 2.00. The first-order valence-electron chi connectivity index (χ1n) is 4.80. The summed E-state index contributed by atoms with van der Waals surface area (Å²) in [5.41, 5.74) is 0.570. The van der Waals surface area contributed by atoms with E-state index in [-0.39, 0.29) is 0 Å². The number of amides is 1. The third kappa shape index (κ3) is 4.71. The fraction of sp³-hybridized carbons (Fsp3) is 0.167. The number of anilines is 1. The Kier molecular flexibility index (Phi) is 4.58. The first kappa shape index (κ1) is 12.6. The number of benzene rings is 1. The van der Waals surface area contributed by atoms with Gasteiger partial charge in [-0.2, -0.15) is 0 Å². The van der Waals surface area contributed by atoms with E-state index >= 15 is 0 Å². The smallest absolute Gasteiger partial charge is 0.341 e. The van der Waals surface area contributed by atoms with Crippen LogP contribution in [0.2, 0.25) is 0 Å². The average molecular weight is 233 g/mol. The fourth-order valence-corrected chi connectivity index (χ4v) is 1.06. The fourth-order valence-electron chi connectivity index (χ4n) is 1.06. The molecule has 17 heavy (non-hydrogen) atoms. The maximum Gasteiger partial charge on any atom is 0.341 e. The Labute approximate surface area is 98.4 Å². The third-order valence-electron chi connectivity index (χ3n) is 1.71. The van der Waals surface area contributed by atoms with Crippen LogP contribution in [0.25, 0.3) is 0 Å². The van der Waals surface area contributed by atoms with Crippen molar-refractivity contribution in [1.82, 2.24) is 0 Å². The van der Waals surface area contributed by atoms with E-state index in [0.29, 0.717) is 11.4 Å². The van der Waals surface area contributed by atoms with Crippen LogP contribution in [0.15, 0.2) is 24.3 Å². The number of nitrogens with one attached hydrogen (secondary N) is 1. The van der Waals surface area contributed by atoms with Crippen molar-refractivity contribution in [3.05, 3.63) is 24.3 Å². The zero-order chi connectivity index (χ0) is 12.7. The number of rotatable bonds is 4. The maximum absolute atomic E-state index is 11.1. The van der Waals surface area contributed by atoms with Crippen LogP contribution in [-0.2, 0) is 9.59 Å². The van der Waals surface area contributed by atoms with E-state index in [9.17, 15) is 9.59 Å². The minimum atomic E-state index is -1.04. The molecule has 1 rings (SSSR count). The van der Waals surface area contributed by atoms with Gasteiger partial charge in [0.1, 0.15) is 5.75 Å². The number of carbonyl (C=O) groups excluding carboxylic acids is 1. The van der Waals surface area contributed by atoms with Crippen molar-refractivity contribution in [1.29, 1.82) is 0 Å². The molecule has 0 aliphatic heterocycles. The molecule has 0 aliphatic rings. The van der Waals surface area contributed by atoms with Crippen LogP contribution in [0.1, 0.15) is 6.92 Å². The monoisotopic (exact) mass is 233 g/mol. The van der Waals surface area contributed by atoms with E-state index in [0.717, 1.165) is 0 Å². The normalized spacial score (nSPS) is 8.76.